The third kappa shape index (κ3) is 6.07. The Morgan fingerprint density at radius 1 is 1.23 bits per heavy atom. The molecule has 0 aliphatic carbocycles. The lowest BCUT2D eigenvalue weighted by atomic mass is 10.2. The van der Waals surface area contributed by atoms with Crippen molar-refractivity contribution in [1.82, 2.24) is 16.2 Å². The predicted molar refractivity (Wildman–Crippen MR) is 124 cm³/mol. The minimum absolute atomic E-state index is 0.0262. The number of sulfonamides is 1. The minimum atomic E-state index is -3.89. The Morgan fingerprint density at radius 2 is 2.00 bits per heavy atom. The molecular weight excluding hydrogens is 460 g/mol. The van der Waals surface area contributed by atoms with Gasteiger partial charge in [0.15, 0.2) is 5.11 Å². The van der Waals surface area contributed by atoms with Crippen LogP contribution in [-0.4, -0.2) is 45.7 Å². The lowest BCUT2D eigenvalue weighted by Gasteiger charge is -2.20. The zero-order chi connectivity index (χ0) is 22.4. The fourth-order valence-electron chi connectivity index (χ4n) is 3.01. The number of anilines is 1. The molecular formula is C20H23ClN4O4S2. The summed E-state index contributed by atoms with van der Waals surface area (Å²) >= 11 is 11.1. The summed E-state index contributed by atoms with van der Waals surface area (Å²) in [6, 6.07) is 12.2. The van der Waals surface area contributed by atoms with Gasteiger partial charge in [-0.1, -0.05) is 23.7 Å². The summed E-state index contributed by atoms with van der Waals surface area (Å²) < 4.78 is 32.6. The van der Waals surface area contributed by atoms with Gasteiger partial charge in [-0.2, -0.15) is 0 Å². The van der Waals surface area contributed by atoms with Gasteiger partial charge in [0.25, 0.3) is 15.9 Å². The maximum atomic E-state index is 13.0. The van der Waals surface area contributed by atoms with Gasteiger partial charge < -0.3 is 10.1 Å². The van der Waals surface area contributed by atoms with E-state index >= 15 is 0 Å². The van der Waals surface area contributed by atoms with Crippen molar-refractivity contribution < 1.29 is 17.9 Å². The van der Waals surface area contributed by atoms with Crippen LogP contribution in [-0.2, 0) is 14.8 Å². The Morgan fingerprint density at radius 3 is 2.71 bits per heavy atom. The van der Waals surface area contributed by atoms with Crippen LogP contribution in [0.1, 0.15) is 23.2 Å². The lowest BCUT2D eigenvalue weighted by Crippen LogP contribution is -2.48. The van der Waals surface area contributed by atoms with Gasteiger partial charge in [0.1, 0.15) is 0 Å². The molecule has 1 saturated heterocycles. The lowest BCUT2D eigenvalue weighted by molar-refractivity contribution is 0.0943. The number of thiocarbonyl (C=S) groups is 1. The first-order valence-electron chi connectivity index (χ1n) is 9.58. The Balaban J connectivity index is 1.63. The van der Waals surface area contributed by atoms with Crippen LogP contribution in [0.15, 0.2) is 53.4 Å². The molecule has 166 valence electrons. The second kappa shape index (κ2) is 10.3. The first-order chi connectivity index (χ1) is 14.8. The molecule has 1 fully saturated rings. The molecule has 1 heterocycles. The summed E-state index contributed by atoms with van der Waals surface area (Å²) in [6.45, 7) is 1.29. The molecule has 11 heteroatoms. The zero-order valence-corrected chi connectivity index (χ0v) is 19.2. The van der Waals surface area contributed by atoms with Crippen LogP contribution in [0.3, 0.4) is 0 Å². The molecule has 8 nitrogen and oxygen atoms in total. The maximum absolute atomic E-state index is 13.0. The van der Waals surface area contributed by atoms with Gasteiger partial charge in [-0.05, 0) is 61.5 Å². The first-order valence-corrected chi connectivity index (χ1v) is 11.8. The maximum Gasteiger partial charge on any atom is 0.269 e. The smallest absolute Gasteiger partial charge is 0.269 e. The second-order valence-electron chi connectivity index (χ2n) is 6.90. The van der Waals surface area contributed by atoms with E-state index in [-0.39, 0.29) is 21.7 Å². The zero-order valence-electron chi connectivity index (χ0n) is 16.8. The summed E-state index contributed by atoms with van der Waals surface area (Å²) in [7, 11) is -2.47. The van der Waals surface area contributed by atoms with Gasteiger partial charge in [-0.15, -0.1) is 0 Å². The quantitative estimate of drug-likeness (QED) is 0.429. The number of nitrogens with zero attached hydrogens (tertiary/aromatic N) is 1. The number of carbonyl (C=O) groups is 1. The molecule has 0 radical (unpaired) electrons. The Hall–Kier alpha value is -2.40. The summed E-state index contributed by atoms with van der Waals surface area (Å²) in [5, 5.41) is 3.64. The summed E-state index contributed by atoms with van der Waals surface area (Å²) in [6.07, 6.45) is 2.09. The highest BCUT2D eigenvalue weighted by molar-refractivity contribution is 7.92. The van der Waals surface area contributed by atoms with E-state index in [0.717, 1.165) is 23.8 Å². The topological polar surface area (TPSA) is 99.8 Å². The molecule has 0 bridgehead atoms. The molecule has 1 aliphatic heterocycles. The number of benzene rings is 2. The standard InChI is InChI=1S/C20H23ClN4O4S2/c1-25(16-7-3-6-15(21)12-16)31(27,28)18-9-2-5-14(11-18)19(26)23-24-20(30)22-13-17-8-4-10-29-17/h2-3,5-7,9,11-12,17H,4,8,10,13H2,1H3,(H,23,26)(H2,22,24,30). The fraction of sp³-hybridized carbons (Fsp3) is 0.300. The van der Waals surface area contributed by atoms with Crippen molar-refractivity contribution in [2.24, 2.45) is 0 Å². The van der Waals surface area contributed by atoms with Crippen LogP contribution in [0.5, 0.6) is 0 Å². The van der Waals surface area contributed by atoms with E-state index in [1.807, 2.05) is 0 Å². The molecule has 0 spiro atoms. The van der Waals surface area contributed by atoms with Gasteiger partial charge in [-0.3, -0.25) is 20.0 Å². The first kappa shape index (κ1) is 23.3. The molecule has 3 N–H and O–H groups in total. The van der Waals surface area contributed by atoms with E-state index in [4.69, 9.17) is 28.6 Å². The number of nitrogens with one attached hydrogen (secondary N) is 3. The number of carbonyl (C=O) groups excluding carboxylic acids is 1. The fourth-order valence-corrected chi connectivity index (χ4v) is 4.56. The third-order valence-corrected chi connectivity index (χ3v) is 6.99. The molecule has 1 amide bonds. The number of hydrogen-bond acceptors (Lipinski definition) is 5. The van der Waals surface area contributed by atoms with E-state index < -0.39 is 15.9 Å². The van der Waals surface area contributed by atoms with E-state index in [1.165, 1.54) is 31.3 Å². The molecule has 3 rings (SSSR count). The van der Waals surface area contributed by atoms with Crippen LogP contribution in [0, 0.1) is 0 Å². The predicted octanol–water partition coefficient (Wildman–Crippen LogP) is 2.45. The second-order valence-corrected chi connectivity index (χ2v) is 9.72. The number of amides is 1. The van der Waals surface area contributed by atoms with Crippen molar-refractivity contribution in [2.75, 3.05) is 24.5 Å². The molecule has 1 atom stereocenters. The highest BCUT2D eigenvalue weighted by Gasteiger charge is 2.23. The number of rotatable bonds is 6. The van der Waals surface area contributed by atoms with Gasteiger partial charge in [0.2, 0.25) is 0 Å². The molecule has 1 aliphatic rings. The van der Waals surface area contributed by atoms with Crippen molar-refractivity contribution in [3.05, 3.63) is 59.1 Å². The monoisotopic (exact) mass is 482 g/mol. The van der Waals surface area contributed by atoms with Crippen molar-refractivity contribution in [1.29, 1.82) is 0 Å². The minimum Gasteiger partial charge on any atom is -0.376 e. The molecule has 31 heavy (non-hydrogen) atoms. The number of halogens is 1. The summed E-state index contributed by atoms with van der Waals surface area (Å²) in [5.41, 5.74) is 5.64. The van der Waals surface area contributed by atoms with Crippen molar-refractivity contribution >= 4 is 50.5 Å². The summed E-state index contributed by atoms with van der Waals surface area (Å²) in [4.78, 5) is 12.4. The third-order valence-electron chi connectivity index (χ3n) is 4.73. The number of hydrazine groups is 1. The normalized spacial score (nSPS) is 15.9. The van der Waals surface area contributed by atoms with Gasteiger partial charge in [-0.25, -0.2) is 8.42 Å². The highest BCUT2D eigenvalue weighted by Crippen LogP contribution is 2.25. The number of ether oxygens (including phenoxy) is 1. The van der Waals surface area contributed by atoms with E-state index in [9.17, 15) is 13.2 Å². The summed E-state index contributed by atoms with van der Waals surface area (Å²) in [5.74, 6) is -0.524. The molecule has 2 aromatic carbocycles. The van der Waals surface area contributed by atoms with Gasteiger partial charge in [0.05, 0.1) is 16.7 Å². The van der Waals surface area contributed by atoms with Crippen LogP contribution >= 0.6 is 23.8 Å². The van der Waals surface area contributed by atoms with E-state index in [0.29, 0.717) is 17.3 Å². The Labute approximate surface area is 191 Å². The number of hydrogen-bond donors (Lipinski definition) is 3. The van der Waals surface area contributed by atoms with Crippen molar-refractivity contribution in [3.63, 3.8) is 0 Å². The Bertz CT molecular complexity index is 1060. The molecule has 2 aromatic rings. The van der Waals surface area contributed by atoms with Crippen molar-refractivity contribution in [3.8, 4) is 0 Å². The SMILES string of the molecule is CN(c1cccc(Cl)c1)S(=O)(=O)c1cccc(C(=O)NNC(=S)NCC2CCCO2)c1. The molecule has 1 unspecified atom stereocenters. The highest BCUT2D eigenvalue weighted by atomic mass is 35.5. The largest absolute Gasteiger partial charge is 0.376 e. The Kier molecular flexibility index (Phi) is 7.71. The van der Waals surface area contributed by atoms with Crippen molar-refractivity contribution in [2.45, 2.75) is 23.8 Å². The van der Waals surface area contributed by atoms with E-state index in [2.05, 4.69) is 16.2 Å². The van der Waals surface area contributed by atoms with Crippen LogP contribution in [0.2, 0.25) is 5.02 Å². The average Bonchev–Trinajstić information content (AvgIpc) is 3.29. The van der Waals surface area contributed by atoms with Gasteiger partial charge in [0, 0.05) is 30.8 Å². The average molecular weight is 483 g/mol. The van der Waals surface area contributed by atoms with Gasteiger partial charge >= 0.3 is 0 Å². The van der Waals surface area contributed by atoms with Crippen LogP contribution < -0.4 is 20.5 Å². The van der Waals surface area contributed by atoms with E-state index in [1.54, 1.807) is 24.3 Å². The van der Waals surface area contributed by atoms with Crippen LogP contribution in [0.4, 0.5) is 5.69 Å². The molecule has 0 aromatic heterocycles. The molecule has 0 saturated carbocycles. The van der Waals surface area contributed by atoms with Crippen LogP contribution in [0.25, 0.3) is 0 Å².